The largest absolute Gasteiger partial charge is 0.469 e. The second kappa shape index (κ2) is 5.23. The smallest absolute Gasteiger partial charge is 0.311 e. The van der Waals surface area contributed by atoms with Gasteiger partial charge in [0.25, 0.3) is 0 Å². The van der Waals surface area contributed by atoms with Crippen molar-refractivity contribution >= 4 is 17.0 Å². The molecule has 0 aliphatic heterocycles. The highest BCUT2D eigenvalue weighted by molar-refractivity contribution is 5.80. The Morgan fingerprint density at radius 3 is 2.70 bits per heavy atom. The van der Waals surface area contributed by atoms with Crippen LogP contribution >= 0.6 is 0 Å². The molecule has 0 saturated carbocycles. The van der Waals surface area contributed by atoms with Gasteiger partial charge >= 0.3 is 5.97 Å². The van der Waals surface area contributed by atoms with Crippen molar-refractivity contribution in [1.82, 2.24) is 15.0 Å². The minimum absolute atomic E-state index is 0.200. The number of hydrogen-bond acceptors (Lipinski definition) is 4. The van der Waals surface area contributed by atoms with Gasteiger partial charge in [0.1, 0.15) is 5.52 Å². The van der Waals surface area contributed by atoms with E-state index in [9.17, 15) is 4.79 Å². The van der Waals surface area contributed by atoms with Crippen molar-refractivity contribution in [3.05, 3.63) is 23.3 Å². The van der Waals surface area contributed by atoms with Gasteiger partial charge in [-0.25, -0.2) is 4.68 Å². The number of aromatic nitrogens is 3. The molecule has 0 bridgehead atoms. The van der Waals surface area contributed by atoms with E-state index in [1.807, 2.05) is 38.4 Å². The summed E-state index contributed by atoms with van der Waals surface area (Å²) in [5, 5.41) is 8.38. The van der Waals surface area contributed by atoms with Crippen molar-refractivity contribution in [3.63, 3.8) is 0 Å². The Balaban J connectivity index is 2.41. The number of hydrogen-bond donors (Lipinski definition) is 0. The summed E-state index contributed by atoms with van der Waals surface area (Å²) < 4.78 is 6.74. The van der Waals surface area contributed by atoms with Gasteiger partial charge in [-0.1, -0.05) is 11.3 Å². The zero-order valence-corrected chi connectivity index (χ0v) is 12.7. The SMILES string of the molecule is CCn1nnc2c(C)c(CC(C)(C)C(=O)OC)ccc21. The number of esters is 1. The summed E-state index contributed by atoms with van der Waals surface area (Å²) in [7, 11) is 1.42. The summed E-state index contributed by atoms with van der Waals surface area (Å²) in [5.41, 5.74) is 3.58. The van der Waals surface area contributed by atoms with E-state index in [0.29, 0.717) is 6.42 Å². The molecule has 5 nitrogen and oxygen atoms in total. The van der Waals surface area contributed by atoms with Crippen LogP contribution in [0.2, 0.25) is 0 Å². The predicted octanol–water partition coefficient (Wildman–Crippen LogP) is 2.50. The van der Waals surface area contributed by atoms with Crippen LogP contribution in [0.5, 0.6) is 0 Å². The third kappa shape index (κ3) is 2.40. The van der Waals surface area contributed by atoms with E-state index in [2.05, 4.69) is 16.4 Å². The number of carbonyl (C=O) groups excluding carboxylic acids is 1. The molecule has 0 aliphatic carbocycles. The third-order valence-electron chi connectivity index (χ3n) is 3.72. The van der Waals surface area contributed by atoms with E-state index in [4.69, 9.17) is 4.74 Å². The molecular weight excluding hydrogens is 254 g/mol. The fourth-order valence-corrected chi connectivity index (χ4v) is 2.46. The Bertz CT molecular complexity index is 644. The lowest BCUT2D eigenvalue weighted by molar-refractivity contribution is -0.150. The highest BCUT2D eigenvalue weighted by atomic mass is 16.5. The van der Waals surface area contributed by atoms with Crippen LogP contribution < -0.4 is 0 Å². The van der Waals surface area contributed by atoms with Crippen molar-refractivity contribution < 1.29 is 9.53 Å². The average molecular weight is 275 g/mol. The minimum atomic E-state index is -0.548. The number of rotatable bonds is 4. The normalized spacial score (nSPS) is 11.8. The first-order valence-electron chi connectivity index (χ1n) is 6.80. The summed E-state index contributed by atoms with van der Waals surface area (Å²) in [4.78, 5) is 11.8. The standard InChI is InChI=1S/C15H21N3O2/c1-6-18-12-8-7-11(10(2)13(12)16-17-18)9-15(3,4)14(19)20-5/h7-8H,6,9H2,1-5H3. The van der Waals surface area contributed by atoms with Gasteiger partial charge in [-0.2, -0.15) is 0 Å². The van der Waals surface area contributed by atoms with Crippen LogP contribution in [0.25, 0.3) is 11.0 Å². The molecule has 1 aromatic heterocycles. The molecule has 0 N–H and O–H groups in total. The molecule has 108 valence electrons. The fraction of sp³-hybridized carbons (Fsp3) is 0.533. The molecule has 0 spiro atoms. The molecule has 0 saturated heterocycles. The summed E-state index contributed by atoms with van der Waals surface area (Å²) >= 11 is 0. The molecule has 1 heterocycles. The van der Waals surface area contributed by atoms with Crippen LogP contribution in [-0.4, -0.2) is 28.1 Å². The summed E-state index contributed by atoms with van der Waals surface area (Å²) in [6.45, 7) is 8.65. The lowest BCUT2D eigenvalue weighted by Gasteiger charge is -2.22. The molecule has 0 radical (unpaired) electrons. The Labute approximate surface area is 118 Å². The topological polar surface area (TPSA) is 57.0 Å². The molecule has 0 unspecified atom stereocenters. The minimum Gasteiger partial charge on any atom is -0.469 e. The molecule has 0 fully saturated rings. The highest BCUT2D eigenvalue weighted by Gasteiger charge is 2.29. The van der Waals surface area contributed by atoms with Gasteiger partial charge < -0.3 is 4.74 Å². The fourth-order valence-electron chi connectivity index (χ4n) is 2.46. The summed E-state index contributed by atoms with van der Waals surface area (Å²) in [6.07, 6.45) is 0.625. The van der Waals surface area contributed by atoms with Gasteiger partial charge in [-0.3, -0.25) is 4.79 Å². The number of methoxy groups -OCH3 is 1. The molecule has 5 heteroatoms. The van der Waals surface area contributed by atoms with Crippen LogP contribution in [-0.2, 0) is 22.5 Å². The van der Waals surface area contributed by atoms with E-state index in [-0.39, 0.29) is 5.97 Å². The lowest BCUT2D eigenvalue weighted by Crippen LogP contribution is -2.28. The first-order chi connectivity index (χ1) is 9.40. The Morgan fingerprint density at radius 1 is 1.40 bits per heavy atom. The first-order valence-corrected chi connectivity index (χ1v) is 6.80. The Morgan fingerprint density at radius 2 is 2.10 bits per heavy atom. The van der Waals surface area contributed by atoms with Crippen LogP contribution in [0.1, 0.15) is 31.9 Å². The van der Waals surface area contributed by atoms with Gasteiger partial charge in [0.15, 0.2) is 0 Å². The van der Waals surface area contributed by atoms with E-state index in [1.54, 1.807) is 0 Å². The van der Waals surface area contributed by atoms with E-state index >= 15 is 0 Å². The van der Waals surface area contributed by atoms with Crippen molar-refractivity contribution in [2.45, 2.75) is 40.7 Å². The maximum Gasteiger partial charge on any atom is 0.311 e. The molecule has 1 aromatic carbocycles. The third-order valence-corrected chi connectivity index (χ3v) is 3.72. The average Bonchev–Trinajstić information content (AvgIpc) is 2.84. The molecule has 0 amide bonds. The molecule has 20 heavy (non-hydrogen) atoms. The summed E-state index contributed by atoms with van der Waals surface area (Å²) in [5.74, 6) is -0.200. The van der Waals surface area contributed by atoms with Crippen molar-refractivity contribution in [2.24, 2.45) is 5.41 Å². The van der Waals surface area contributed by atoms with Gasteiger partial charge in [-0.15, -0.1) is 5.10 Å². The number of ether oxygens (including phenoxy) is 1. The van der Waals surface area contributed by atoms with Crippen LogP contribution in [0.15, 0.2) is 12.1 Å². The van der Waals surface area contributed by atoms with Gasteiger partial charge in [0.05, 0.1) is 18.0 Å². The maximum absolute atomic E-state index is 11.8. The van der Waals surface area contributed by atoms with Crippen LogP contribution in [0, 0.1) is 12.3 Å². The molecular formula is C15H21N3O2. The molecule has 0 atom stereocenters. The van der Waals surface area contributed by atoms with Crippen molar-refractivity contribution in [2.75, 3.05) is 7.11 Å². The van der Waals surface area contributed by atoms with E-state index < -0.39 is 5.41 Å². The molecule has 2 rings (SSSR count). The van der Waals surface area contributed by atoms with Crippen LogP contribution in [0.4, 0.5) is 0 Å². The zero-order chi connectivity index (χ0) is 14.9. The molecule has 2 aromatic rings. The van der Waals surface area contributed by atoms with E-state index in [1.165, 1.54) is 7.11 Å². The van der Waals surface area contributed by atoms with Gasteiger partial charge in [-0.05, 0) is 51.3 Å². The number of nitrogens with zero attached hydrogens (tertiary/aromatic N) is 3. The second-order valence-corrected chi connectivity index (χ2v) is 5.67. The number of benzene rings is 1. The van der Waals surface area contributed by atoms with Gasteiger partial charge in [0.2, 0.25) is 0 Å². The lowest BCUT2D eigenvalue weighted by atomic mass is 9.84. The monoisotopic (exact) mass is 275 g/mol. The number of carbonyl (C=O) groups is 1. The highest BCUT2D eigenvalue weighted by Crippen LogP contribution is 2.28. The number of fused-ring (bicyclic) bond motifs is 1. The second-order valence-electron chi connectivity index (χ2n) is 5.67. The maximum atomic E-state index is 11.8. The van der Waals surface area contributed by atoms with Crippen molar-refractivity contribution in [1.29, 1.82) is 0 Å². The zero-order valence-electron chi connectivity index (χ0n) is 12.7. The Hall–Kier alpha value is -1.91. The predicted molar refractivity (Wildman–Crippen MR) is 77.4 cm³/mol. The summed E-state index contributed by atoms with van der Waals surface area (Å²) in [6, 6.07) is 4.08. The number of aryl methyl sites for hydroxylation is 2. The first kappa shape index (κ1) is 14.5. The quantitative estimate of drug-likeness (QED) is 0.804. The molecule has 0 aliphatic rings. The van der Waals surface area contributed by atoms with Crippen LogP contribution in [0.3, 0.4) is 0 Å². The van der Waals surface area contributed by atoms with Crippen molar-refractivity contribution in [3.8, 4) is 0 Å². The van der Waals surface area contributed by atoms with Gasteiger partial charge in [0, 0.05) is 6.54 Å². The van der Waals surface area contributed by atoms with E-state index in [0.717, 1.165) is 28.7 Å². The Kier molecular flexibility index (Phi) is 3.79.